The Kier molecular flexibility index (Phi) is 5.24. The highest BCUT2D eigenvalue weighted by molar-refractivity contribution is 5.68. The third-order valence-electron chi connectivity index (χ3n) is 2.61. The highest BCUT2D eigenvalue weighted by Crippen LogP contribution is 2.12. The molecule has 0 aliphatic heterocycles. The number of nitrogens with two attached hydrogens (primary N) is 1. The van der Waals surface area contributed by atoms with Crippen molar-refractivity contribution in [2.45, 2.75) is 39.0 Å². The van der Waals surface area contributed by atoms with Crippen molar-refractivity contribution in [3.63, 3.8) is 0 Å². The highest BCUT2D eigenvalue weighted by atomic mass is 16.5. The van der Waals surface area contributed by atoms with Crippen molar-refractivity contribution >= 4 is 5.97 Å². The Balaban J connectivity index is 2.29. The molecule has 0 fully saturated rings. The molecule has 7 nitrogen and oxygen atoms in total. The van der Waals surface area contributed by atoms with Gasteiger partial charge in [0.15, 0.2) is 0 Å². The molecule has 102 valence electrons. The van der Waals surface area contributed by atoms with Gasteiger partial charge in [0.05, 0.1) is 24.1 Å². The van der Waals surface area contributed by atoms with E-state index in [0.717, 1.165) is 0 Å². The van der Waals surface area contributed by atoms with Crippen LogP contribution in [-0.4, -0.2) is 40.3 Å². The van der Waals surface area contributed by atoms with E-state index in [1.54, 1.807) is 13.3 Å². The van der Waals surface area contributed by atoms with Crippen molar-refractivity contribution in [1.82, 2.24) is 15.0 Å². The van der Waals surface area contributed by atoms with Gasteiger partial charge in [0.1, 0.15) is 6.54 Å². The van der Waals surface area contributed by atoms with Gasteiger partial charge in [0, 0.05) is 20.1 Å². The number of ether oxygens (including phenoxy) is 2. The first-order valence-corrected chi connectivity index (χ1v) is 5.76. The molecule has 0 aliphatic carbocycles. The van der Waals surface area contributed by atoms with Gasteiger partial charge >= 0.3 is 5.97 Å². The largest absolute Gasteiger partial charge is 0.464 e. The second-order valence-corrected chi connectivity index (χ2v) is 4.55. The second kappa shape index (κ2) is 6.46. The molecule has 0 radical (unpaired) electrons. The van der Waals surface area contributed by atoms with Crippen LogP contribution in [0.3, 0.4) is 0 Å². The van der Waals surface area contributed by atoms with Gasteiger partial charge in [-0.1, -0.05) is 5.21 Å². The minimum atomic E-state index is -0.352. The lowest BCUT2D eigenvalue weighted by Crippen LogP contribution is -2.26. The van der Waals surface area contributed by atoms with E-state index < -0.39 is 0 Å². The van der Waals surface area contributed by atoms with Crippen molar-refractivity contribution in [3.05, 3.63) is 11.9 Å². The molecule has 0 aliphatic rings. The minimum Gasteiger partial charge on any atom is -0.464 e. The first-order valence-electron chi connectivity index (χ1n) is 5.76. The Morgan fingerprint density at radius 1 is 1.56 bits per heavy atom. The predicted molar refractivity (Wildman–Crippen MR) is 64.6 cm³/mol. The normalized spacial score (nSPS) is 11.6. The topological polar surface area (TPSA) is 92.3 Å². The Labute approximate surface area is 106 Å². The summed E-state index contributed by atoms with van der Waals surface area (Å²) in [6.07, 6.45) is 2.26. The lowest BCUT2D eigenvalue weighted by molar-refractivity contribution is -0.146. The van der Waals surface area contributed by atoms with Gasteiger partial charge in [-0.2, -0.15) is 0 Å². The summed E-state index contributed by atoms with van der Waals surface area (Å²) in [5.41, 5.74) is 5.74. The summed E-state index contributed by atoms with van der Waals surface area (Å²) in [4.78, 5) is 11.5. The monoisotopic (exact) mass is 256 g/mol. The summed E-state index contributed by atoms with van der Waals surface area (Å²) in [6.45, 7) is 4.53. The van der Waals surface area contributed by atoms with Gasteiger partial charge in [-0.25, -0.2) is 4.68 Å². The number of rotatable bonds is 7. The van der Waals surface area contributed by atoms with Crippen LogP contribution in [0.4, 0.5) is 0 Å². The molecular formula is C11H20N4O3. The standard InChI is InChI=1S/C11H20N4O3/c1-11(2,17-3)4-5-18-10(16)8-15-7-9(6-12)13-14-15/h7H,4-6,8,12H2,1-3H3. The summed E-state index contributed by atoms with van der Waals surface area (Å²) >= 11 is 0. The maximum atomic E-state index is 11.5. The molecule has 0 atom stereocenters. The highest BCUT2D eigenvalue weighted by Gasteiger charge is 2.17. The fraction of sp³-hybridized carbons (Fsp3) is 0.727. The number of esters is 1. The fourth-order valence-corrected chi connectivity index (χ4v) is 1.20. The summed E-state index contributed by atoms with van der Waals surface area (Å²) in [6, 6.07) is 0. The quantitative estimate of drug-likeness (QED) is 0.695. The molecule has 18 heavy (non-hydrogen) atoms. The smallest absolute Gasteiger partial charge is 0.327 e. The number of aromatic nitrogens is 3. The van der Waals surface area contributed by atoms with E-state index in [2.05, 4.69) is 10.3 Å². The predicted octanol–water partition coefficient (Wildman–Crippen LogP) is 0.0951. The Morgan fingerprint density at radius 2 is 2.28 bits per heavy atom. The number of carbonyl (C=O) groups excluding carboxylic acids is 1. The van der Waals surface area contributed by atoms with E-state index in [9.17, 15) is 4.79 Å². The van der Waals surface area contributed by atoms with E-state index in [1.807, 2.05) is 13.8 Å². The van der Waals surface area contributed by atoms with Crippen LogP contribution < -0.4 is 5.73 Å². The van der Waals surface area contributed by atoms with Gasteiger partial charge in [0.2, 0.25) is 0 Å². The van der Waals surface area contributed by atoms with Gasteiger partial charge < -0.3 is 15.2 Å². The molecule has 1 aromatic heterocycles. The lowest BCUT2D eigenvalue weighted by atomic mass is 10.1. The molecule has 2 N–H and O–H groups in total. The van der Waals surface area contributed by atoms with E-state index >= 15 is 0 Å². The minimum absolute atomic E-state index is 0.0421. The van der Waals surface area contributed by atoms with Crippen molar-refractivity contribution in [1.29, 1.82) is 0 Å². The van der Waals surface area contributed by atoms with Crippen LogP contribution in [-0.2, 0) is 27.4 Å². The number of hydrogen-bond donors (Lipinski definition) is 1. The molecule has 0 saturated heterocycles. The molecular weight excluding hydrogens is 236 g/mol. The van der Waals surface area contributed by atoms with Crippen LogP contribution >= 0.6 is 0 Å². The van der Waals surface area contributed by atoms with Crippen LogP contribution in [0.5, 0.6) is 0 Å². The average Bonchev–Trinajstić information content (AvgIpc) is 2.76. The van der Waals surface area contributed by atoms with Gasteiger partial charge in [0.25, 0.3) is 0 Å². The van der Waals surface area contributed by atoms with Crippen LogP contribution in [0.15, 0.2) is 6.20 Å². The van der Waals surface area contributed by atoms with E-state index in [-0.39, 0.29) is 18.1 Å². The SMILES string of the molecule is COC(C)(C)CCOC(=O)Cn1cc(CN)nn1. The van der Waals surface area contributed by atoms with E-state index in [4.69, 9.17) is 15.2 Å². The Bertz CT molecular complexity index is 389. The summed E-state index contributed by atoms with van der Waals surface area (Å²) < 4.78 is 11.7. The molecule has 0 saturated carbocycles. The van der Waals surface area contributed by atoms with Crippen LogP contribution in [0.2, 0.25) is 0 Å². The number of methoxy groups -OCH3 is 1. The Hall–Kier alpha value is -1.47. The van der Waals surface area contributed by atoms with Crippen molar-refractivity contribution in [2.75, 3.05) is 13.7 Å². The van der Waals surface area contributed by atoms with Crippen molar-refractivity contribution in [3.8, 4) is 0 Å². The first-order chi connectivity index (χ1) is 8.46. The van der Waals surface area contributed by atoms with Crippen LogP contribution in [0, 0.1) is 0 Å². The second-order valence-electron chi connectivity index (χ2n) is 4.55. The maximum absolute atomic E-state index is 11.5. The van der Waals surface area contributed by atoms with Gasteiger partial charge in [-0.15, -0.1) is 5.10 Å². The average molecular weight is 256 g/mol. The van der Waals surface area contributed by atoms with Gasteiger partial charge in [-0.3, -0.25) is 4.79 Å². The fourth-order valence-electron chi connectivity index (χ4n) is 1.20. The van der Waals surface area contributed by atoms with Crippen molar-refractivity contribution in [2.24, 2.45) is 5.73 Å². The first kappa shape index (κ1) is 14.6. The molecule has 0 bridgehead atoms. The van der Waals surface area contributed by atoms with E-state index in [1.165, 1.54) is 4.68 Å². The molecule has 1 rings (SSSR count). The van der Waals surface area contributed by atoms with Gasteiger partial charge in [-0.05, 0) is 13.8 Å². The summed E-state index contributed by atoms with van der Waals surface area (Å²) in [7, 11) is 1.63. The lowest BCUT2D eigenvalue weighted by Gasteiger charge is -2.22. The van der Waals surface area contributed by atoms with E-state index in [0.29, 0.717) is 25.3 Å². The van der Waals surface area contributed by atoms with Crippen LogP contribution in [0.1, 0.15) is 26.0 Å². The zero-order valence-corrected chi connectivity index (χ0v) is 11.0. The number of carbonyl (C=O) groups is 1. The molecule has 0 aromatic carbocycles. The molecule has 1 heterocycles. The number of nitrogens with zero attached hydrogens (tertiary/aromatic N) is 3. The molecule has 7 heteroatoms. The summed E-state index contributed by atoms with van der Waals surface area (Å²) in [5.74, 6) is -0.352. The Morgan fingerprint density at radius 3 is 2.83 bits per heavy atom. The van der Waals surface area contributed by atoms with Crippen LogP contribution in [0.25, 0.3) is 0 Å². The number of hydrogen-bond acceptors (Lipinski definition) is 6. The summed E-state index contributed by atoms with van der Waals surface area (Å²) in [5, 5.41) is 7.54. The van der Waals surface area contributed by atoms with Crippen molar-refractivity contribution < 1.29 is 14.3 Å². The molecule has 1 aromatic rings. The molecule has 0 amide bonds. The molecule has 0 unspecified atom stereocenters. The molecule has 0 spiro atoms. The maximum Gasteiger partial charge on any atom is 0.327 e. The zero-order valence-electron chi connectivity index (χ0n) is 11.0. The third-order valence-corrected chi connectivity index (χ3v) is 2.61. The third kappa shape index (κ3) is 4.80. The zero-order chi connectivity index (χ0) is 13.6.